The van der Waals surface area contributed by atoms with Crippen LogP contribution in [0.4, 0.5) is 0 Å². The molecule has 1 fully saturated rings. The van der Waals surface area contributed by atoms with Crippen LogP contribution in [0.1, 0.15) is 25.7 Å². The molecule has 0 aromatic heterocycles. The lowest BCUT2D eigenvalue weighted by atomic mass is 9.81. The van der Waals surface area contributed by atoms with Crippen molar-refractivity contribution in [2.75, 3.05) is 6.61 Å². The van der Waals surface area contributed by atoms with Gasteiger partial charge in [0.25, 0.3) is 0 Å². The first-order valence-electron chi connectivity index (χ1n) is 6.12. The van der Waals surface area contributed by atoms with Crippen molar-refractivity contribution in [1.29, 1.82) is 0 Å². The zero-order chi connectivity index (χ0) is 12.1. The van der Waals surface area contributed by atoms with Gasteiger partial charge >= 0.3 is 0 Å². The molecule has 1 aliphatic rings. The number of hydrazine groups is 1. The van der Waals surface area contributed by atoms with Crippen LogP contribution in [-0.2, 0) is 0 Å². The minimum Gasteiger partial charge on any atom is -0.492 e. The summed E-state index contributed by atoms with van der Waals surface area (Å²) in [5.74, 6) is 7.15. The van der Waals surface area contributed by atoms with Crippen molar-refractivity contribution in [3.05, 3.63) is 29.3 Å². The molecular weight excluding hydrogens is 236 g/mol. The highest BCUT2D eigenvalue weighted by Gasteiger charge is 2.21. The highest BCUT2D eigenvalue weighted by molar-refractivity contribution is 6.30. The number of hydrogen-bond donors (Lipinski definition) is 2. The van der Waals surface area contributed by atoms with Gasteiger partial charge < -0.3 is 4.74 Å². The molecule has 0 aliphatic heterocycles. The molecule has 0 amide bonds. The van der Waals surface area contributed by atoms with Crippen molar-refractivity contribution in [3.8, 4) is 5.75 Å². The topological polar surface area (TPSA) is 47.3 Å². The molecule has 1 atom stereocenters. The maximum Gasteiger partial charge on any atom is 0.120 e. The summed E-state index contributed by atoms with van der Waals surface area (Å²) in [5.41, 5.74) is 2.83. The predicted molar refractivity (Wildman–Crippen MR) is 70.0 cm³/mol. The number of nitrogens with one attached hydrogen (secondary N) is 1. The normalized spacial score (nSPS) is 17.5. The minimum atomic E-state index is 0.222. The summed E-state index contributed by atoms with van der Waals surface area (Å²) in [6.07, 6.45) is 5.11. The van der Waals surface area contributed by atoms with Crippen molar-refractivity contribution in [2.24, 2.45) is 11.8 Å². The second-order valence-electron chi connectivity index (χ2n) is 4.66. The average Bonchev–Trinajstić information content (AvgIpc) is 2.27. The highest BCUT2D eigenvalue weighted by Crippen LogP contribution is 2.30. The van der Waals surface area contributed by atoms with Crippen molar-refractivity contribution >= 4 is 11.6 Å². The van der Waals surface area contributed by atoms with Crippen LogP contribution in [0.5, 0.6) is 5.75 Å². The van der Waals surface area contributed by atoms with Crippen LogP contribution >= 0.6 is 11.6 Å². The molecule has 4 heteroatoms. The maximum atomic E-state index is 5.89. The Hall–Kier alpha value is -0.770. The van der Waals surface area contributed by atoms with Crippen LogP contribution in [0.2, 0.25) is 5.02 Å². The van der Waals surface area contributed by atoms with Crippen LogP contribution in [0, 0.1) is 5.92 Å². The molecule has 1 saturated carbocycles. The van der Waals surface area contributed by atoms with Gasteiger partial charge in [-0.1, -0.05) is 36.9 Å². The molecule has 0 radical (unpaired) electrons. The third-order valence-electron chi connectivity index (χ3n) is 3.33. The molecule has 0 bridgehead atoms. The molecular formula is C13H19ClN2O. The number of ether oxygens (including phenoxy) is 1. The number of halogens is 1. The first-order chi connectivity index (χ1) is 8.28. The number of nitrogens with two attached hydrogens (primary N) is 1. The van der Waals surface area contributed by atoms with Gasteiger partial charge in [-0.05, 0) is 30.5 Å². The lowest BCUT2D eigenvalue weighted by Crippen LogP contribution is -2.41. The predicted octanol–water partition coefficient (Wildman–Crippen LogP) is 2.74. The SMILES string of the molecule is NNC(COc1cccc(Cl)c1)CC1CCC1. The van der Waals surface area contributed by atoms with Crippen LogP contribution < -0.4 is 16.0 Å². The molecule has 94 valence electrons. The van der Waals surface area contributed by atoms with Crippen LogP contribution in [0.3, 0.4) is 0 Å². The van der Waals surface area contributed by atoms with E-state index in [2.05, 4.69) is 5.43 Å². The lowest BCUT2D eigenvalue weighted by molar-refractivity contribution is 0.203. The molecule has 0 heterocycles. The standard InChI is InChI=1S/C13H19ClN2O/c14-11-5-2-6-13(8-11)17-9-12(16-15)7-10-3-1-4-10/h2,5-6,8,10,12,16H,1,3-4,7,9,15H2. The van der Waals surface area contributed by atoms with Gasteiger partial charge in [-0.15, -0.1) is 0 Å². The van der Waals surface area contributed by atoms with Gasteiger partial charge in [-0.25, -0.2) is 0 Å². The Labute approximate surface area is 107 Å². The fourth-order valence-corrected chi connectivity index (χ4v) is 2.25. The lowest BCUT2D eigenvalue weighted by Gasteiger charge is -2.29. The summed E-state index contributed by atoms with van der Waals surface area (Å²) in [5, 5.41) is 0.693. The van der Waals surface area contributed by atoms with Gasteiger partial charge in [-0.3, -0.25) is 11.3 Å². The number of benzene rings is 1. The number of rotatable bonds is 6. The molecule has 0 spiro atoms. The third kappa shape index (κ3) is 3.87. The zero-order valence-electron chi connectivity index (χ0n) is 9.86. The summed E-state index contributed by atoms with van der Waals surface area (Å²) in [4.78, 5) is 0. The fraction of sp³-hybridized carbons (Fsp3) is 0.538. The Balaban J connectivity index is 1.78. The molecule has 3 nitrogen and oxygen atoms in total. The van der Waals surface area contributed by atoms with Gasteiger partial charge in [0.2, 0.25) is 0 Å². The van der Waals surface area contributed by atoms with Crippen LogP contribution in [-0.4, -0.2) is 12.6 Å². The van der Waals surface area contributed by atoms with E-state index in [9.17, 15) is 0 Å². The van der Waals surface area contributed by atoms with E-state index in [1.807, 2.05) is 24.3 Å². The van der Waals surface area contributed by atoms with E-state index in [1.165, 1.54) is 19.3 Å². The van der Waals surface area contributed by atoms with Crippen molar-refractivity contribution in [1.82, 2.24) is 5.43 Å². The molecule has 1 aromatic rings. The van der Waals surface area contributed by atoms with Crippen LogP contribution in [0.15, 0.2) is 24.3 Å². The van der Waals surface area contributed by atoms with Crippen molar-refractivity contribution < 1.29 is 4.74 Å². The van der Waals surface area contributed by atoms with E-state index in [0.717, 1.165) is 18.1 Å². The maximum absolute atomic E-state index is 5.89. The van der Waals surface area contributed by atoms with E-state index < -0.39 is 0 Å². The second kappa shape index (κ2) is 6.24. The van der Waals surface area contributed by atoms with E-state index in [0.29, 0.717) is 11.6 Å². The smallest absolute Gasteiger partial charge is 0.120 e. The Morgan fingerprint density at radius 3 is 2.88 bits per heavy atom. The Morgan fingerprint density at radius 2 is 2.29 bits per heavy atom. The molecule has 1 aromatic carbocycles. The Kier molecular flexibility index (Phi) is 4.66. The average molecular weight is 255 g/mol. The molecule has 1 unspecified atom stereocenters. The van der Waals surface area contributed by atoms with Crippen molar-refractivity contribution in [3.63, 3.8) is 0 Å². The largest absolute Gasteiger partial charge is 0.492 e. The first kappa shape index (κ1) is 12.7. The van der Waals surface area contributed by atoms with Gasteiger partial charge in [0, 0.05) is 5.02 Å². The van der Waals surface area contributed by atoms with Gasteiger partial charge in [-0.2, -0.15) is 0 Å². The van der Waals surface area contributed by atoms with Crippen molar-refractivity contribution in [2.45, 2.75) is 31.7 Å². The fourth-order valence-electron chi connectivity index (χ4n) is 2.07. The Morgan fingerprint density at radius 1 is 1.47 bits per heavy atom. The summed E-state index contributed by atoms with van der Waals surface area (Å²) < 4.78 is 5.68. The molecule has 3 N–H and O–H groups in total. The second-order valence-corrected chi connectivity index (χ2v) is 5.10. The summed E-state index contributed by atoms with van der Waals surface area (Å²) >= 11 is 5.89. The van der Waals surface area contributed by atoms with Crippen LogP contribution in [0.25, 0.3) is 0 Å². The molecule has 1 aliphatic carbocycles. The van der Waals surface area contributed by atoms with E-state index in [4.69, 9.17) is 22.2 Å². The van der Waals surface area contributed by atoms with Gasteiger partial charge in [0.1, 0.15) is 12.4 Å². The minimum absolute atomic E-state index is 0.222. The highest BCUT2D eigenvalue weighted by atomic mass is 35.5. The first-order valence-corrected chi connectivity index (χ1v) is 6.50. The summed E-state index contributed by atoms with van der Waals surface area (Å²) in [6.45, 7) is 0.591. The summed E-state index contributed by atoms with van der Waals surface area (Å²) in [7, 11) is 0. The summed E-state index contributed by atoms with van der Waals surface area (Å²) in [6, 6.07) is 7.66. The molecule has 0 saturated heterocycles. The third-order valence-corrected chi connectivity index (χ3v) is 3.56. The van der Waals surface area contributed by atoms with E-state index in [-0.39, 0.29) is 6.04 Å². The number of hydrogen-bond acceptors (Lipinski definition) is 3. The van der Waals surface area contributed by atoms with E-state index in [1.54, 1.807) is 0 Å². The quantitative estimate of drug-likeness (QED) is 0.606. The monoisotopic (exact) mass is 254 g/mol. The Bertz CT molecular complexity index is 355. The molecule has 2 rings (SSSR count). The zero-order valence-corrected chi connectivity index (χ0v) is 10.6. The van der Waals surface area contributed by atoms with Gasteiger partial charge in [0.05, 0.1) is 6.04 Å². The molecule has 17 heavy (non-hydrogen) atoms. The van der Waals surface area contributed by atoms with Gasteiger partial charge in [0.15, 0.2) is 0 Å². The van der Waals surface area contributed by atoms with E-state index >= 15 is 0 Å².